The number of hydrogen-bond acceptors (Lipinski definition) is 5. The van der Waals surface area contributed by atoms with Gasteiger partial charge in [-0.2, -0.15) is 0 Å². The lowest BCUT2D eigenvalue weighted by Crippen LogP contribution is -2.19. The van der Waals surface area contributed by atoms with E-state index in [0.717, 1.165) is 11.8 Å². The molecule has 0 N–H and O–H groups in total. The summed E-state index contributed by atoms with van der Waals surface area (Å²) < 4.78 is 15.8. The molecule has 0 saturated heterocycles. The summed E-state index contributed by atoms with van der Waals surface area (Å²) in [5.74, 6) is 0.264. The Hall–Kier alpha value is -1.04. The van der Waals surface area contributed by atoms with Gasteiger partial charge in [0, 0.05) is 11.4 Å². The second-order valence-corrected chi connectivity index (χ2v) is 7.82. The van der Waals surface area contributed by atoms with Crippen molar-refractivity contribution in [3.8, 4) is 5.88 Å². The molecule has 150 valence electrons. The molecule has 0 radical (unpaired) electrons. The first-order chi connectivity index (χ1) is 12.6. The largest absolute Gasteiger partial charge is 0.476 e. The summed E-state index contributed by atoms with van der Waals surface area (Å²) >= 11 is 3.47. The minimum atomic E-state index is -0.445. The number of carbonyl (C=O) groups is 1. The maximum absolute atomic E-state index is 11.9. The van der Waals surface area contributed by atoms with Crippen molar-refractivity contribution in [1.82, 2.24) is 5.16 Å². The fourth-order valence-corrected chi connectivity index (χ4v) is 3.34. The molecular formula is C20H34BrNO4. The summed E-state index contributed by atoms with van der Waals surface area (Å²) in [4.78, 5) is 11.9. The van der Waals surface area contributed by atoms with Crippen molar-refractivity contribution in [3.63, 3.8) is 0 Å². The molecule has 0 bridgehead atoms. The van der Waals surface area contributed by atoms with Crippen LogP contribution in [0, 0.1) is 5.92 Å². The zero-order valence-electron chi connectivity index (χ0n) is 16.5. The van der Waals surface area contributed by atoms with Gasteiger partial charge in [-0.05, 0) is 23.9 Å². The van der Waals surface area contributed by atoms with E-state index >= 15 is 0 Å². The topological polar surface area (TPSA) is 61.6 Å². The van der Waals surface area contributed by atoms with E-state index in [1.807, 2.05) is 13.8 Å². The summed E-state index contributed by atoms with van der Waals surface area (Å²) in [5, 5.41) is 5.04. The maximum Gasteiger partial charge on any atom is 0.316 e. The van der Waals surface area contributed by atoms with Gasteiger partial charge in [0.2, 0.25) is 0 Å². The minimum absolute atomic E-state index is 0.0720. The number of nitrogens with zero attached hydrogens (tertiary/aromatic N) is 1. The van der Waals surface area contributed by atoms with Crippen LogP contribution in [0.2, 0.25) is 0 Å². The number of methoxy groups -OCH3 is 1. The molecule has 0 spiro atoms. The molecule has 0 fully saturated rings. The average Bonchev–Trinajstić information content (AvgIpc) is 3.07. The Morgan fingerprint density at radius 3 is 2.19 bits per heavy atom. The molecule has 1 unspecified atom stereocenters. The number of rotatable bonds is 15. The number of hydrogen-bond donors (Lipinski definition) is 0. The molecule has 0 aliphatic heterocycles. The molecule has 26 heavy (non-hydrogen) atoms. The van der Waals surface area contributed by atoms with Gasteiger partial charge in [-0.3, -0.25) is 4.79 Å². The van der Waals surface area contributed by atoms with Gasteiger partial charge in [0.25, 0.3) is 5.88 Å². The van der Waals surface area contributed by atoms with E-state index in [2.05, 4.69) is 21.1 Å². The predicted octanol–water partition coefficient (Wildman–Crippen LogP) is 5.87. The van der Waals surface area contributed by atoms with Crippen LogP contribution in [0.15, 0.2) is 10.6 Å². The number of esters is 1. The van der Waals surface area contributed by atoms with Crippen LogP contribution in [0.1, 0.15) is 83.3 Å². The van der Waals surface area contributed by atoms with Crippen molar-refractivity contribution < 1.29 is 18.8 Å². The molecule has 1 atom stereocenters. The molecule has 1 aromatic heterocycles. The third kappa shape index (κ3) is 9.06. The van der Waals surface area contributed by atoms with Crippen LogP contribution < -0.4 is 4.74 Å². The molecule has 0 aromatic carbocycles. The van der Waals surface area contributed by atoms with Crippen molar-refractivity contribution in [2.45, 2.75) is 77.6 Å². The molecule has 5 nitrogen and oxygen atoms in total. The van der Waals surface area contributed by atoms with Crippen molar-refractivity contribution in [3.05, 3.63) is 11.8 Å². The molecule has 0 amide bonds. The number of aromatic nitrogens is 1. The lowest BCUT2D eigenvalue weighted by Gasteiger charge is -2.14. The van der Waals surface area contributed by atoms with Crippen molar-refractivity contribution in [1.29, 1.82) is 0 Å². The highest BCUT2D eigenvalue weighted by Crippen LogP contribution is 2.28. The van der Waals surface area contributed by atoms with E-state index in [-0.39, 0.29) is 11.9 Å². The van der Waals surface area contributed by atoms with Gasteiger partial charge in [-0.1, -0.05) is 74.7 Å². The van der Waals surface area contributed by atoms with Crippen LogP contribution >= 0.6 is 15.9 Å². The lowest BCUT2D eigenvalue weighted by atomic mass is 9.93. The Balaban J connectivity index is 2.15. The highest BCUT2D eigenvalue weighted by Gasteiger charge is 2.29. The molecule has 1 heterocycles. The standard InChI is InChI=1S/C20H34BrNO4/c1-16(2)19(20(23)24-3)17-15-18(22-26-17)25-14-12-10-8-6-4-5-7-9-11-13-21/h15-16,19H,4-14H2,1-3H3. The van der Waals surface area contributed by atoms with Gasteiger partial charge in [0.15, 0.2) is 5.76 Å². The number of carbonyl (C=O) groups excluding carboxylic acids is 1. The molecule has 0 saturated carbocycles. The fourth-order valence-electron chi connectivity index (χ4n) is 2.94. The van der Waals surface area contributed by atoms with E-state index < -0.39 is 5.92 Å². The monoisotopic (exact) mass is 431 g/mol. The number of unbranched alkanes of at least 4 members (excludes halogenated alkanes) is 8. The molecule has 0 aliphatic carbocycles. The average molecular weight is 432 g/mol. The van der Waals surface area contributed by atoms with Crippen LogP contribution in [0.5, 0.6) is 5.88 Å². The van der Waals surface area contributed by atoms with E-state index in [9.17, 15) is 4.79 Å². The number of alkyl halides is 1. The molecular weight excluding hydrogens is 398 g/mol. The third-order valence-corrected chi connectivity index (χ3v) is 5.02. The first-order valence-electron chi connectivity index (χ1n) is 9.83. The van der Waals surface area contributed by atoms with E-state index in [1.54, 1.807) is 6.07 Å². The normalized spacial score (nSPS) is 12.3. The van der Waals surface area contributed by atoms with Gasteiger partial charge in [-0.25, -0.2) is 0 Å². The second-order valence-electron chi connectivity index (χ2n) is 7.03. The zero-order chi connectivity index (χ0) is 19.2. The Kier molecular flexibility index (Phi) is 12.4. The first-order valence-corrected chi connectivity index (χ1v) is 11.0. The molecule has 6 heteroatoms. The van der Waals surface area contributed by atoms with Crippen molar-refractivity contribution in [2.24, 2.45) is 5.92 Å². The smallest absolute Gasteiger partial charge is 0.316 e. The first kappa shape index (κ1) is 23.0. The van der Waals surface area contributed by atoms with Crippen LogP contribution in [0.3, 0.4) is 0 Å². The van der Waals surface area contributed by atoms with Gasteiger partial charge < -0.3 is 14.0 Å². The Bertz CT molecular complexity index is 490. The molecule has 1 rings (SSSR count). The van der Waals surface area contributed by atoms with Crippen LogP contribution in [-0.2, 0) is 9.53 Å². The maximum atomic E-state index is 11.9. The highest BCUT2D eigenvalue weighted by atomic mass is 79.9. The highest BCUT2D eigenvalue weighted by molar-refractivity contribution is 9.09. The van der Waals surface area contributed by atoms with Gasteiger partial charge in [-0.15, -0.1) is 0 Å². The Morgan fingerprint density at radius 2 is 1.65 bits per heavy atom. The number of halogens is 1. The van der Waals surface area contributed by atoms with E-state index in [1.165, 1.54) is 58.5 Å². The Morgan fingerprint density at radius 1 is 1.08 bits per heavy atom. The quantitative estimate of drug-likeness (QED) is 0.197. The van der Waals surface area contributed by atoms with Gasteiger partial charge in [0.05, 0.1) is 13.7 Å². The van der Waals surface area contributed by atoms with E-state index in [0.29, 0.717) is 18.2 Å². The zero-order valence-corrected chi connectivity index (χ0v) is 18.1. The second kappa shape index (κ2) is 14.1. The molecule has 1 aromatic rings. The van der Waals surface area contributed by atoms with Crippen molar-refractivity contribution in [2.75, 3.05) is 19.0 Å². The predicted molar refractivity (Wildman–Crippen MR) is 107 cm³/mol. The van der Waals surface area contributed by atoms with Crippen LogP contribution in [0.25, 0.3) is 0 Å². The molecule has 0 aliphatic rings. The summed E-state index contributed by atoms with van der Waals surface area (Å²) in [6, 6.07) is 1.70. The minimum Gasteiger partial charge on any atom is -0.476 e. The number of ether oxygens (including phenoxy) is 2. The lowest BCUT2D eigenvalue weighted by molar-refractivity contribution is -0.144. The summed E-state index contributed by atoms with van der Waals surface area (Å²) in [6.07, 6.45) is 11.4. The summed E-state index contributed by atoms with van der Waals surface area (Å²) in [6.45, 7) is 4.53. The summed E-state index contributed by atoms with van der Waals surface area (Å²) in [7, 11) is 1.38. The fraction of sp³-hybridized carbons (Fsp3) is 0.800. The Labute approximate surface area is 166 Å². The van der Waals surface area contributed by atoms with Gasteiger partial charge >= 0.3 is 5.97 Å². The van der Waals surface area contributed by atoms with E-state index in [4.69, 9.17) is 14.0 Å². The van der Waals surface area contributed by atoms with Crippen LogP contribution in [-0.4, -0.2) is 30.2 Å². The summed E-state index contributed by atoms with van der Waals surface area (Å²) in [5.41, 5.74) is 0. The van der Waals surface area contributed by atoms with Gasteiger partial charge in [0.1, 0.15) is 5.92 Å². The van der Waals surface area contributed by atoms with Crippen molar-refractivity contribution >= 4 is 21.9 Å². The third-order valence-electron chi connectivity index (χ3n) is 4.46. The van der Waals surface area contributed by atoms with Crippen LogP contribution in [0.4, 0.5) is 0 Å². The SMILES string of the molecule is COC(=O)C(c1cc(OCCCCCCCCCCCBr)no1)C(C)C.